The molecule has 0 radical (unpaired) electrons. The number of nitrogens with zero attached hydrogens (tertiary/aromatic N) is 2. The Morgan fingerprint density at radius 3 is 2.65 bits per heavy atom. The van der Waals surface area contributed by atoms with Crippen molar-refractivity contribution in [1.82, 2.24) is 9.88 Å². The van der Waals surface area contributed by atoms with E-state index >= 15 is 0 Å². The summed E-state index contributed by atoms with van der Waals surface area (Å²) >= 11 is 0. The zero-order valence-corrected chi connectivity index (χ0v) is 12.5. The van der Waals surface area contributed by atoms with E-state index in [4.69, 9.17) is 5.73 Å². The number of hydrogen-bond acceptors (Lipinski definition) is 3. The largest absolute Gasteiger partial charge is 0.329 e. The van der Waals surface area contributed by atoms with Crippen molar-refractivity contribution in [1.29, 1.82) is 0 Å². The summed E-state index contributed by atoms with van der Waals surface area (Å²) in [5.74, 6) is 0. The van der Waals surface area contributed by atoms with Gasteiger partial charge in [0.2, 0.25) is 0 Å². The molecule has 3 nitrogen and oxygen atoms in total. The fraction of sp³-hybridized carbons (Fsp3) is 0.353. The van der Waals surface area contributed by atoms with Crippen molar-refractivity contribution < 1.29 is 0 Å². The molecule has 2 aromatic rings. The lowest BCUT2D eigenvalue weighted by Crippen LogP contribution is -2.31. The van der Waals surface area contributed by atoms with Crippen LogP contribution in [0.2, 0.25) is 0 Å². The molecule has 2 rings (SSSR count). The zero-order valence-electron chi connectivity index (χ0n) is 12.5. The van der Waals surface area contributed by atoms with Crippen LogP contribution in [0, 0.1) is 13.8 Å². The summed E-state index contributed by atoms with van der Waals surface area (Å²) in [5, 5.41) is 0. The predicted molar refractivity (Wildman–Crippen MR) is 83.4 cm³/mol. The maximum Gasteiger partial charge on any atom is 0.0544 e. The molecule has 0 spiro atoms. The van der Waals surface area contributed by atoms with Crippen molar-refractivity contribution in [2.75, 3.05) is 13.6 Å². The molecule has 3 heteroatoms. The van der Waals surface area contributed by atoms with Crippen LogP contribution in [0.15, 0.2) is 42.6 Å². The van der Waals surface area contributed by atoms with Crippen LogP contribution in [0.4, 0.5) is 0 Å². The van der Waals surface area contributed by atoms with Gasteiger partial charge in [-0.05, 0) is 44.2 Å². The van der Waals surface area contributed by atoms with Crippen LogP contribution < -0.4 is 5.73 Å². The highest BCUT2D eigenvalue weighted by Gasteiger charge is 2.18. The Balaban J connectivity index is 2.21. The van der Waals surface area contributed by atoms with Crippen LogP contribution in [0.5, 0.6) is 0 Å². The topological polar surface area (TPSA) is 42.1 Å². The SMILES string of the molecule is Cc1ccc(C)c(C(CN)N(C)Cc2ccccn2)c1. The zero-order chi connectivity index (χ0) is 14.5. The standard InChI is InChI=1S/C17H23N3/c1-13-7-8-14(2)16(10-13)17(11-18)20(3)12-15-6-4-5-9-19-15/h4-10,17H,11-12,18H2,1-3H3. The van der Waals surface area contributed by atoms with E-state index in [-0.39, 0.29) is 6.04 Å². The van der Waals surface area contributed by atoms with Gasteiger partial charge >= 0.3 is 0 Å². The van der Waals surface area contributed by atoms with Crippen molar-refractivity contribution in [3.63, 3.8) is 0 Å². The van der Waals surface area contributed by atoms with Crippen LogP contribution in [0.1, 0.15) is 28.4 Å². The predicted octanol–water partition coefficient (Wildman–Crippen LogP) is 2.83. The summed E-state index contributed by atoms with van der Waals surface area (Å²) in [7, 11) is 2.11. The maximum atomic E-state index is 6.02. The van der Waals surface area contributed by atoms with E-state index in [1.807, 2.05) is 24.4 Å². The van der Waals surface area contributed by atoms with Crippen LogP contribution in [0.3, 0.4) is 0 Å². The first-order valence-corrected chi connectivity index (χ1v) is 6.99. The molecule has 0 fully saturated rings. The van der Waals surface area contributed by atoms with Gasteiger partial charge in [0.25, 0.3) is 0 Å². The summed E-state index contributed by atoms with van der Waals surface area (Å²) in [6.45, 7) is 5.67. The quantitative estimate of drug-likeness (QED) is 0.907. The van der Waals surface area contributed by atoms with E-state index in [9.17, 15) is 0 Å². The summed E-state index contributed by atoms with van der Waals surface area (Å²) in [6.07, 6.45) is 1.83. The normalized spacial score (nSPS) is 12.7. The van der Waals surface area contributed by atoms with E-state index < -0.39 is 0 Å². The van der Waals surface area contributed by atoms with E-state index in [0.717, 1.165) is 12.2 Å². The Labute approximate surface area is 121 Å². The van der Waals surface area contributed by atoms with Gasteiger partial charge in [-0.25, -0.2) is 0 Å². The van der Waals surface area contributed by atoms with E-state index in [0.29, 0.717) is 6.54 Å². The lowest BCUT2D eigenvalue weighted by Gasteiger charge is -2.28. The molecule has 0 saturated carbocycles. The molecule has 0 amide bonds. The van der Waals surface area contributed by atoms with Gasteiger partial charge in [0.05, 0.1) is 5.69 Å². The van der Waals surface area contributed by atoms with E-state index in [1.165, 1.54) is 16.7 Å². The third kappa shape index (κ3) is 3.44. The Morgan fingerprint density at radius 1 is 1.20 bits per heavy atom. The third-order valence-electron chi connectivity index (χ3n) is 3.69. The lowest BCUT2D eigenvalue weighted by molar-refractivity contribution is 0.238. The number of nitrogens with two attached hydrogens (primary N) is 1. The fourth-order valence-corrected chi connectivity index (χ4v) is 2.52. The lowest BCUT2D eigenvalue weighted by atomic mass is 9.98. The monoisotopic (exact) mass is 269 g/mol. The minimum atomic E-state index is 0.219. The molecular formula is C17H23N3. The highest BCUT2D eigenvalue weighted by atomic mass is 15.1. The Morgan fingerprint density at radius 2 is 2.00 bits per heavy atom. The maximum absolute atomic E-state index is 6.02. The van der Waals surface area contributed by atoms with Crippen molar-refractivity contribution in [2.45, 2.75) is 26.4 Å². The third-order valence-corrected chi connectivity index (χ3v) is 3.69. The Hall–Kier alpha value is -1.71. The van der Waals surface area contributed by atoms with Crippen molar-refractivity contribution in [3.05, 3.63) is 65.0 Å². The van der Waals surface area contributed by atoms with Gasteiger partial charge in [-0.1, -0.05) is 29.8 Å². The number of likely N-dealkylation sites (N-methyl/N-ethyl adjacent to an activating group) is 1. The molecule has 0 bridgehead atoms. The highest BCUT2D eigenvalue weighted by Crippen LogP contribution is 2.24. The molecule has 20 heavy (non-hydrogen) atoms. The van der Waals surface area contributed by atoms with Gasteiger partial charge < -0.3 is 5.73 Å². The van der Waals surface area contributed by atoms with Crippen LogP contribution in [-0.2, 0) is 6.54 Å². The second kappa shape index (κ2) is 6.64. The first-order valence-electron chi connectivity index (χ1n) is 6.99. The smallest absolute Gasteiger partial charge is 0.0544 e. The second-order valence-electron chi connectivity index (χ2n) is 5.35. The van der Waals surface area contributed by atoms with Gasteiger partial charge in [-0.3, -0.25) is 9.88 Å². The van der Waals surface area contributed by atoms with Crippen molar-refractivity contribution in [3.8, 4) is 0 Å². The summed E-state index contributed by atoms with van der Waals surface area (Å²) in [5.41, 5.74) is 11.0. The summed E-state index contributed by atoms with van der Waals surface area (Å²) in [4.78, 5) is 6.65. The minimum Gasteiger partial charge on any atom is -0.329 e. The van der Waals surface area contributed by atoms with Crippen LogP contribution in [-0.4, -0.2) is 23.5 Å². The minimum absolute atomic E-state index is 0.219. The molecule has 0 saturated heterocycles. The average molecular weight is 269 g/mol. The number of aryl methyl sites for hydroxylation is 2. The molecule has 1 aromatic carbocycles. The van der Waals surface area contributed by atoms with Gasteiger partial charge in [0.15, 0.2) is 0 Å². The Bertz CT molecular complexity index is 551. The van der Waals surface area contributed by atoms with Gasteiger partial charge in [-0.2, -0.15) is 0 Å². The van der Waals surface area contributed by atoms with E-state index in [2.05, 4.69) is 49.0 Å². The number of benzene rings is 1. The van der Waals surface area contributed by atoms with Gasteiger partial charge in [0, 0.05) is 25.3 Å². The molecule has 1 unspecified atom stereocenters. The van der Waals surface area contributed by atoms with Gasteiger partial charge in [0.1, 0.15) is 0 Å². The molecule has 1 heterocycles. The van der Waals surface area contributed by atoms with Gasteiger partial charge in [-0.15, -0.1) is 0 Å². The molecule has 106 valence electrons. The summed E-state index contributed by atoms with van der Waals surface area (Å²) in [6, 6.07) is 12.8. The molecule has 2 N–H and O–H groups in total. The molecule has 0 aliphatic carbocycles. The number of pyridine rings is 1. The highest BCUT2D eigenvalue weighted by molar-refractivity contribution is 5.33. The first kappa shape index (κ1) is 14.7. The second-order valence-corrected chi connectivity index (χ2v) is 5.35. The molecule has 0 aliphatic heterocycles. The number of aromatic nitrogens is 1. The molecule has 1 atom stereocenters. The Kier molecular flexibility index (Phi) is 4.88. The van der Waals surface area contributed by atoms with E-state index in [1.54, 1.807) is 0 Å². The molecule has 1 aromatic heterocycles. The number of rotatable bonds is 5. The van der Waals surface area contributed by atoms with Crippen LogP contribution in [0.25, 0.3) is 0 Å². The number of hydrogen-bond donors (Lipinski definition) is 1. The molecule has 0 aliphatic rings. The van der Waals surface area contributed by atoms with Crippen LogP contribution >= 0.6 is 0 Å². The average Bonchev–Trinajstić information content (AvgIpc) is 2.44. The molecular weight excluding hydrogens is 246 g/mol. The summed E-state index contributed by atoms with van der Waals surface area (Å²) < 4.78 is 0. The van der Waals surface area contributed by atoms with Crippen molar-refractivity contribution >= 4 is 0 Å². The first-order chi connectivity index (χ1) is 9.61. The van der Waals surface area contributed by atoms with Crippen molar-refractivity contribution in [2.24, 2.45) is 5.73 Å². The fourth-order valence-electron chi connectivity index (χ4n) is 2.52.